The van der Waals surface area contributed by atoms with Gasteiger partial charge >= 0.3 is 0 Å². The van der Waals surface area contributed by atoms with Gasteiger partial charge in [-0.1, -0.05) is 0 Å². The highest BCUT2D eigenvalue weighted by atomic mass is 19.1. The van der Waals surface area contributed by atoms with E-state index in [0.29, 0.717) is 5.56 Å². The smallest absolute Gasteiger partial charge is 0.149 e. The molecule has 0 aliphatic heterocycles. The first-order valence-electron chi connectivity index (χ1n) is 5.38. The zero-order valence-corrected chi connectivity index (χ0v) is 9.62. The first-order valence-corrected chi connectivity index (χ1v) is 5.38. The molecule has 1 unspecified atom stereocenters. The molecule has 1 heterocycles. The van der Waals surface area contributed by atoms with Gasteiger partial charge in [-0.3, -0.25) is 4.98 Å². The number of pyridine rings is 1. The fourth-order valence-corrected chi connectivity index (χ4v) is 1.59. The number of hydrogen-bond acceptors (Lipinski definition) is 2. The summed E-state index contributed by atoms with van der Waals surface area (Å²) in [6.45, 7) is 1.74. The van der Waals surface area contributed by atoms with Crippen LogP contribution in [0.5, 0.6) is 0 Å². The van der Waals surface area contributed by atoms with E-state index in [0.717, 1.165) is 18.3 Å². The maximum Gasteiger partial charge on any atom is 0.149 e. The van der Waals surface area contributed by atoms with Gasteiger partial charge in [0.2, 0.25) is 0 Å². The van der Waals surface area contributed by atoms with Crippen LogP contribution in [0.25, 0.3) is 0 Å². The van der Waals surface area contributed by atoms with Crippen LogP contribution in [0.3, 0.4) is 0 Å². The predicted molar refractivity (Wildman–Crippen MR) is 62.6 cm³/mol. The summed E-state index contributed by atoms with van der Waals surface area (Å²) >= 11 is 0. The number of anilines is 1. The van der Waals surface area contributed by atoms with Gasteiger partial charge in [-0.2, -0.15) is 0 Å². The fourth-order valence-electron chi connectivity index (χ4n) is 1.59. The number of rotatable bonds is 3. The van der Waals surface area contributed by atoms with Gasteiger partial charge in [-0.05, 0) is 30.7 Å². The molecule has 0 spiro atoms. The molecule has 0 radical (unpaired) electrons. The number of halogens is 3. The number of hydrogen-bond donors (Lipinski definition) is 1. The molecule has 0 bridgehead atoms. The summed E-state index contributed by atoms with van der Waals surface area (Å²) in [5.74, 6) is -1.79. The SMILES string of the molecule is CC(Nc1ccc(F)cc1F)c1cncc(F)c1. The van der Waals surface area contributed by atoms with Gasteiger partial charge in [0.15, 0.2) is 0 Å². The van der Waals surface area contributed by atoms with Crippen LogP contribution in [0.4, 0.5) is 18.9 Å². The number of nitrogens with one attached hydrogen (secondary N) is 1. The van der Waals surface area contributed by atoms with Crippen molar-refractivity contribution >= 4 is 5.69 Å². The van der Waals surface area contributed by atoms with Crippen LogP contribution in [0.1, 0.15) is 18.5 Å². The molecule has 0 saturated heterocycles. The number of aromatic nitrogens is 1. The molecule has 5 heteroatoms. The summed E-state index contributed by atoms with van der Waals surface area (Å²) in [6.07, 6.45) is 2.58. The van der Waals surface area contributed by atoms with Crippen LogP contribution in [0.2, 0.25) is 0 Å². The zero-order chi connectivity index (χ0) is 13.1. The quantitative estimate of drug-likeness (QED) is 0.901. The first-order chi connectivity index (χ1) is 8.56. The normalized spacial score (nSPS) is 12.2. The lowest BCUT2D eigenvalue weighted by atomic mass is 10.1. The Balaban J connectivity index is 2.18. The van der Waals surface area contributed by atoms with Gasteiger partial charge in [0, 0.05) is 12.3 Å². The first kappa shape index (κ1) is 12.4. The standard InChI is InChI=1S/C13H11F3N2/c1-8(9-4-11(15)7-17-6-9)18-13-3-2-10(14)5-12(13)16/h2-8,18H,1H3. The summed E-state index contributed by atoms with van der Waals surface area (Å²) in [6, 6.07) is 4.22. The van der Waals surface area contributed by atoms with Crippen LogP contribution in [-0.2, 0) is 0 Å². The Morgan fingerprint density at radius 1 is 1.06 bits per heavy atom. The van der Waals surface area contributed by atoms with Gasteiger partial charge in [0.05, 0.1) is 17.9 Å². The van der Waals surface area contributed by atoms with Crippen molar-refractivity contribution in [3.8, 4) is 0 Å². The third-order valence-electron chi connectivity index (χ3n) is 2.53. The minimum Gasteiger partial charge on any atom is -0.376 e. The molecule has 1 N–H and O–H groups in total. The molecule has 0 saturated carbocycles. The van der Waals surface area contributed by atoms with Crippen molar-refractivity contribution in [3.05, 3.63) is 59.7 Å². The average Bonchev–Trinajstić information content (AvgIpc) is 2.32. The van der Waals surface area contributed by atoms with Crippen LogP contribution in [0, 0.1) is 17.5 Å². The molecule has 1 aromatic heterocycles. The largest absolute Gasteiger partial charge is 0.376 e. The third kappa shape index (κ3) is 2.80. The van der Waals surface area contributed by atoms with Crippen molar-refractivity contribution in [2.24, 2.45) is 0 Å². The van der Waals surface area contributed by atoms with E-state index in [-0.39, 0.29) is 11.7 Å². The zero-order valence-electron chi connectivity index (χ0n) is 9.62. The van der Waals surface area contributed by atoms with E-state index in [1.165, 1.54) is 18.3 Å². The molecular formula is C13H11F3N2. The van der Waals surface area contributed by atoms with E-state index in [1.54, 1.807) is 6.92 Å². The molecule has 2 rings (SSSR count). The van der Waals surface area contributed by atoms with Gasteiger partial charge in [0.1, 0.15) is 17.5 Å². The Bertz CT molecular complexity index is 558. The lowest BCUT2D eigenvalue weighted by Gasteiger charge is -2.15. The predicted octanol–water partition coefficient (Wildman–Crippen LogP) is 3.67. The second-order valence-electron chi connectivity index (χ2n) is 3.93. The van der Waals surface area contributed by atoms with Crippen molar-refractivity contribution in [1.29, 1.82) is 0 Å². The molecular weight excluding hydrogens is 241 g/mol. The number of benzene rings is 1. The average molecular weight is 252 g/mol. The molecule has 94 valence electrons. The lowest BCUT2D eigenvalue weighted by Crippen LogP contribution is -2.08. The fraction of sp³-hybridized carbons (Fsp3) is 0.154. The lowest BCUT2D eigenvalue weighted by molar-refractivity contribution is 0.583. The van der Waals surface area contributed by atoms with E-state index in [1.807, 2.05) is 0 Å². The van der Waals surface area contributed by atoms with Gasteiger partial charge in [0.25, 0.3) is 0 Å². The molecule has 1 atom stereocenters. The van der Waals surface area contributed by atoms with E-state index < -0.39 is 17.5 Å². The van der Waals surface area contributed by atoms with E-state index in [2.05, 4.69) is 10.3 Å². The molecule has 1 aromatic carbocycles. The maximum atomic E-state index is 13.4. The van der Waals surface area contributed by atoms with Crippen molar-refractivity contribution in [3.63, 3.8) is 0 Å². The highest BCUT2D eigenvalue weighted by Gasteiger charge is 2.10. The van der Waals surface area contributed by atoms with Crippen molar-refractivity contribution in [2.75, 3.05) is 5.32 Å². The van der Waals surface area contributed by atoms with Crippen LogP contribution in [-0.4, -0.2) is 4.98 Å². The van der Waals surface area contributed by atoms with Gasteiger partial charge in [-0.15, -0.1) is 0 Å². The molecule has 0 aliphatic rings. The molecule has 0 amide bonds. The second kappa shape index (κ2) is 5.08. The molecule has 2 aromatic rings. The Kier molecular flexibility index (Phi) is 3.50. The second-order valence-corrected chi connectivity index (χ2v) is 3.93. The molecule has 18 heavy (non-hydrogen) atoms. The van der Waals surface area contributed by atoms with E-state index in [4.69, 9.17) is 0 Å². The van der Waals surface area contributed by atoms with Gasteiger partial charge in [-0.25, -0.2) is 13.2 Å². The van der Waals surface area contributed by atoms with Gasteiger partial charge < -0.3 is 5.32 Å². The van der Waals surface area contributed by atoms with Crippen molar-refractivity contribution in [1.82, 2.24) is 4.98 Å². The summed E-state index contributed by atoms with van der Waals surface area (Å²) in [4.78, 5) is 3.71. The monoisotopic (exact) mass is 252 g/mol. The number of nitrogens with zero attached hydrogens (tertiary/aromatic N) is 1. The highest BCUT2D eigenvalue weighted by molar-refractivity contribution is 5.46. The minimum absolute atomic E-state index is 0.160. The molecule has 2 nitrogen and oxygen atoms in total. The van der Waals surface area contributed by atoms with E-state index >= 15 is 0 Å². The summed E-state index contributed by atoms with van der Waals surface area (Å²) in [5.41, 5.74) is 0.742. The summed E-state index contributed by atoms with van der Waals surface area (Å²) < 4.78 is 39.1. The van der Waals surface area contributed by atoms with Crippen LogP contribution in [0.15, 0.2) is 36.7 Å². The third-order valence-corrected chi connectivity index (χ3v) is 2.53. The van der Waals surface area contributed by atoms with E-state index in [9.17, 15) is 13.2 Å². The molecule has 0 aliphatic carbocycles. The Labute approximate surface area is 102 Å². The van der Waals surface area contributed by atoms with Crippen LogP contribution >= 0.6 is 0 Å². The maximum absolute atomic E-state index is 13.4. The van der Waals surface area contributed by atoms with Crippen molar-refractivity contribution < 1.29 is 13.2 Å². The minimum atomic E-state index is -0.689. The Morgan fingerprint density at radius 2 is 1.83 bits per heavy atom. The Hall–Kier alpha value is -2.04. The molecule has 0 fully saturated rings. The summed E-state index contributed by atoms with van der Waals surface area (Å²) in [5, 5.41) is 2.83. The van der Waals surface area contributed by atoms with Crippen LogP contribution < -0.4 is 5.32 Å². The van der Waals surface area contributed by atoms with Crippen molar-refractivity contribution in [2.45, 2.75) is 13.0 Å². The highest BCUT2D eigenvalue weighted by Crippen LogP contribution is 2.22. The Morgan fingerprint density at radius 3 is 2.50 bits per heavy atom. The topological polar surface area (TPSA) is 24.9 Å². The summed E-state index contributed by atoms with van der Waals surface area (Å²) in [7, 11) is 0.